The molecule has 0 atom stereocenters. The van der Waals surface area contributed by atoms with Gasteiger partial charge in [-0.15, -0.1) is 0 Å². The van der Waals surface area contributed by atoms with Gasteiger partial charge in [0.2, 0.25) is 0 Å². The normalized spacial score (nSPS) is 11.0. The molecule has 0 saturated heterocycles. The maximum Gasteiger partial charge on any atom is 0.0694 e. The van der Waals surface area contributed by atoms with Gasteiger partial charge < -0.3 is 10.7 Å². The largest absolute Gasteiger partial charge is 0.397 e. The summed E-state index contributed by atoms with van der Waals surface area (Å²) in [6.45, 7) is 2.19. The Balaban J connectivity index is 2.21. The molecule has 2 heteroatoms. The van der Waals surface area contributed by atoms with Gasteiger partial charge in [0.25, 0.3) is 0 Å². The van der Waals surface area contributed by atoms with E-state index in [9.17, 15) is 0 Å². The second-order valence-corrected chi connectivity index (χ2v) is 4.93. The zero-order chi connectivity index (χ0) is 13.2. The summed E-state index contributed by atoms with van der Waals surface area (Å²) in [6, 6.07) is 14.8. The van der Waals surface area contributed by atoms with Gasteiger partial charge in [-0.2, -0.15) is 0 Å². The van der Waals surface area contributed by atoms with Crippen LogP contribution in [0.3, 0.4) is 0 Å². The number of aryl methyl sites for hydroxylation is 1. The van der Waals surface area contributed by atoms with Crippen LogP contribution in [0.2, 0.25) is 0 Å². The van der Waals surface area contributed by atoms with Crippen molar-refractivity contribution in [2.24, 2.45) is 0 Å². The number of rotatable bonds is 3. The number of fused-ring (bicyclic) bond motifs is 1. The third-order valence-corrected chi connectivity index (χ3v) is 3.50. The monoisotopic (exact) mass is 250 g/mol. The highest BCUT2D eigenvalue weighted by Crippen LogP contribution is 2.32. The molecule has 0 amide bonds. The Morgan fingerprint density at radius 1 is 1.11 bits per heavy atom. The summed E-state index contributed by atoms with van der Waals surface area (Å²) >= 11 is 0. The van der Waals surface area contributed by atoms with Gasteiger partial charge >= 0.3 is 0 Å². The van der Waals surface area contributed by atoms with Gasteiger partial charge in [0.05, 0.1) is 11.2 Å². The Kier molecular flexibility index (Phi) is 3.00. The zero-order valence-electron chi connectivity index (χ0n) is 11.1. The van der Waals surface area contributed by atoms with E-state index in [4.69, 9.17) is 5.73 Å². The minimum atomic E-state index is 0.836. The summed E-state index contributed by atoms with van der Waals surface area (Å²) in [5, 5.41) is 1.22. The van der Waals surface area contributed by atoms with Gasteiger partial charge in [-0.3, -0.25) is 0 Å². The predicted octanol–water partition coefficient (Wildman–Crippen LogP) is 4.37. The second-order valence-electron chi connectivity index (χ2n) is 4.93. The molecule has 96 valence electrons. The Bertz CT molecular complexity index is 696. The van der Waals surface area contributed by atoms with Crippen LogP contribution in [0.1, 0.15) is 18.9 Å². The van der Waals surface area contributed by atoms with Crippen molar-refractivity contribution in [3.8, 4) is 11.1 Å². The lowest BCUT2D eigenvalue weighted by atomic mass is 10.0. The van der Waals surface area contributed by atoms with Crippen LogP contribution in [0.15, 0.2) is 48.7 Å². The number of H-pyrrole nitrogens is 1. The van der Waals surface area contributed by atoms with Crippen molar-refractivity contribution in [3.63, 3.8) is 0 Å². The van der Waals surface area contributed by atoms with Crippen molar-refractivity contribution in [1.82, 2.24) is 4.98 Å². The van der Waals surface area contributed by atoms with Crippen molar-refractivity contribution in [3.05, 3.63) is 54.2 Å². The molecule has 0 aliphatic heterocycles. The summed E-state index contributed by atoms with van der Waals surface area (Å²) < 4.78 is 0. The SMILES string of the molecule is CCCc1cc(N)c2[nH]cc(-c3ccccc3)c2c1. The van der Waals surface area contributed by atoms with E-state index < -0.39 is 0 Å². The number of nitrogens with two attached hydrogens (primary N) is 1. The summed E-state index contributed by atoms with van der Waals surface area (Å²) in [7, 11) is 0. The lowest BCUT2D eigenvalue weighted by Crippen LogP contribution is -1.91. The topological polar surface area (TPSA) is 41.8 Å². The summed E-state index contributed by atoms with van der Waals surface area (Å²) in [4.78, 5) is 3.30. The molecule has 1 aromatic heterocycles. The Hall–Kier alpha value is -2.22. The van der Waals surface area contributed by atoms with Crippen LogP contribution in [0, 0.1) is 0 Å². The number of nitrogen functional groups attached to an aromatic ring is 1. The van der Waals surface area contributed by atoms with Gasteiger partial charge in [-0.05, 0) is 29.7 Å². The highest BCUT2D eigenvalue weighted by molar-refractivity contribution is 6.01. The third-order valence-electron chi connectivity index (χ3n) is 3.50. The fourth-order valence-electron chi connectivity index (χ4n) is 2.61. The Labute approximate surface area is 113 Å². The molecule has 2 aromatic carbocycles. The van der Waals surface area contributed by atoms with E-state index in [1.165, 1.54) is 22.1 Å². The third kappa shape index (κ3) is 2.10. The average molecular weight is 250 g/mol. The Morgan fingerprint density at radius 3 is 2.63 bits per heavy atom. The molecular weight excluding hydrogens is 232 g/mol. The number of hydrogen-bond acceptors (Lipinski definition) is 1. The van der Waals surface area contributed by atoms with E-state index in [-0.39, 0.29) is 0 Å². The first-order valence-electron chi connectivity index (χ1n) is 6.74. The molecule has 19 heavy (non-hydrogen) atoms. The molecule has 0 unspecified atom stereocenters. The fraction of sp³-hybridized carbons (Fsp3) is 0.176. The Morgan fingerprint density at radius 2 is 1.89 bits per heavy atom. The summed E-state index contributed by atoms with van der Waals surface area (Å²) in [6.07, 6.45) is 4.25. The van der Waals surface area contributed by atoms with Crippen LogP contribution in [-0.2, 0) is 6.42 Å². The van der Waals surface area contributed by atoms with Crippen molar-refractivity contribution in [2.75, 3.05) is 5.73 Å². The minimum Gasteiger partial charge on any atom is -0.397 e. The van der Waals surface area contributed by atoms with Crippen LogP contribution in [0.4, 0.5) is 5.69 Å². The van der Waals surface area contributed by atoms with Gasteiger partial charge in [-0.25, -0.2) is 0 Å². The van der Waals surface area contributed by atoms with Crippen LogP contribution in [0.25, 0.3) is 22.0 Å². The van der Waals surface area contributed by atoms with Gasteiger partial charge in [0, 0.05) is 17.1 Å². The number of anilines is 1. The van der Waals surface area contributed by atoms with E-state index >= 15 is 0 Å². The van der Waals surface area contributed by atoms with Crippen LogP contribution >= 0.6 is 0 Å². The fourth-order valence-corrected chi connectivity index (χ4v) is 2.61. The van der Waals surface area contributed by atoms with Crippen molar-refractivity contribution in [1.29, 1.82) is 0 Å². The van der Waals surface area contributed by atoms with Gasteiger partial charge in [0.15, 0.2) is 0 Å². The molecule has 1 heterocycles. The predicted molar refractivity (Wildman–Crippen MR) is 82.1 cm³/mol. The first-order chi connectivity index (χ1) is 9.29. The van der Waals surface area contributed by atoms with Crippen LogP contribution in [-0.4, -0.2) is 4.98 Å². The minimum absolute atomic E-state index is 0.836. The summed E-state index contributed by atoms with van der Waals surface area (Å²) in [5.41, 5.74) is 11.8. The first-order valence-corrected chi connectivity index (χ1v) is 6.74. The molecule has 3 rings (SSSR count). The maximum atomic E-state index is 6.15. The molecule has 0 radical (unpaired) electrons. The van der Waals surface area contributed by atoms with E-state index in [2.05, 4.69) is 48.3 Å². The molecular formula is C17H18N2. The standard InChI is InChI=1S/C17H18N2/c1-2-6-12-9-14-15(13-7-4-3-5-8-13)11-19-17(14)16(18)10-12/h3-5,7-11,19H,2,6,18H2,1H3. The number of aromatic nitrogens is 1. The van der Waals surface area contributed by atoms with Crippen LogP contribution < -0.4 is 5.73 Å². The van der Waals surface area contributed by atoms with E-state index in [1.54, 1.807) is 0 Å². The molecule has 0 saturated carbocycles. The summed E-state index contributed by atoms with van der Waals surface area (Å²) in [5.74, 6) is 0. The van der Waals surface area contributed by atoms with E-state index in [1.807, 2.05) is 12.3 Å². The molecule has 0 aliphatic rings. The van der Waals surface area contributed by atoms with E-state index in [0.29, 0.717) is 0 Å². The number of nitrogens with one attached hydrogen (secondary N) is 1. The lowest BCUT2D eigenvalue weighted by molar-refractivity contribution is 0.924. The first kappa shape index (κ1) is 11.8. The highest BCUT2D eigenvalue weighted by Gasteiger charge is 2.09. The quantitative estimate of drug-likeness (QED) is 0.666. The molecule has 0 fully saturated rings. The lowest BCUT2D eigenvalue weighted by Gasteiger charge is -2.05. The molecule has 0 spiro atoms. The van der Waals surface area contributed by atoms with Crippen molar-refractivity contribution >= 4 is 16.6 Å². The average Bonchev–Trinajstić information content (AvgIpc) is 2.84. The van der Waals surface area contributed by atoms with Crippen molar-refractivity contribution in [2.45, 2.75) is 19.8 Å². The molecule has 3 aromatic rings. The number of benzene rings is 2. The van der Waals surface area contributed by atoms with Crippen LogP contribution in [0.5, 0.6) is 0 Å². The second kappa shape index (κ2) is 4.81. The molecule has 0 bridgehead atoms. The van der Waals surface area contributed by atoms with Crippen molar-refractivity contribution < 1.29 is 0 Å². The van der Waals surface area contributed by atoms with E-state index in [0.717, 1.165) is 24.0 Å². The molecule has 0 aliphatic carbocycles. The number of aromatic amines is 1. The van der Waals surface area contributed by atoms with Gasteiger partial charge in [-0.1, -0.05) is 43.7 Å². The highest BCUT2D eigenvalue weighted by atomic mass is 14.7. The number of hydrogen-bond donors (Lipinski definition) is 2. The maximum absolute atomic E-state index is 6.15. The zero-order valence-corrected chi connectivity index (χ0v) is 11.1. The van der Waals surface area contributed by atoms with Gasteiger partial charge in [0.1, 0.15) is 0 Å². The smallest absolute Gasteiger partial charge is 0.0694 e. The molecule has 3 N–H and O–H groups in total. The molecule has 2 nitrogen and oxygen atoms in total.